The summed E-state index contributed by atoms with van der Waals surface area (Å²) < 4.78 is 29.9. The number of unbranched alkanes of at least 4 members (excludes halogenated alkanes) is 15. The second kappa shape index (κ2) is 20.8. The van der Waals surface area contributed by atoms with Gasteiger partial charge in [0.25, 0.3) is 5.56 Å². The third kappa shape index (κ3) is 13.6. The Morgan fingerprint density at radius 2 is 1.52 bits per heavy atom. The van der Waals surface area contributed by atoms with Crippen molar-refractivity contribution >= 4 is 8.25 Å². The number of aryl methyl sites for hydroxylation is 1. The number of aromatic amines is 1. The second-order valence-electron chi connectivity index (χ2n) is 10.8. The highest BCUT2D eigenvalue weighted by Gasteiger charge is 2.38. The molecule has 0 radical (unpaired) electrons. The van der Waals surface area contributed by atoms with Crippen molar-refractivity contribution in [2.75, 3.05) is 13.2 Å². The summed E-state index contributed by atoms with van der Waals surface area (Å²) in [5.74, 6) is 0. The zero-order chi connectivity index (χ0) is 29.0. The number of rotatable bonds is 23. The summed E-state index contributed by atoms with van der Waals surface area (Å²) in [4.78, 5) is 28.9. The maximum atomic E-state index is 12.2. The van der Waals surface area contributed by atoms with E-state index < -0.39 is 37.9 Å². The zero-order valence-corrected chi connectivity index (χ0v) is 25.3. The molecular formula is C28H49N5O6P+. The van der Waals surface area contributed by atoms with E-state index >= 15 is 0 Å². The first-order chi connectivity index (χ1) is 19.5. The summed E-state index contributed by atoms with van der Waals surface area (Å²) in [5.41, 5.74) is 8.16. The smallest absolute Gasteiger partial charge is 0.352 e. The number of nitrogens with one attached hydrogen (secondary N) is 1. The number of azide groups is 1. The SMILES string of the molecule is CCCCCCCCCCCCCCCCCCO[P+](=O)OC[C@H]1O[C@@H](n2cc(C)c(=O)[nH]c2=O)C[C@@H]1N=[N+]=[N-]. The van der Waals surface area contributed by atoms with E-state index in [1.54, 1.807) is 6.92 Å². The van der Waals surface area contributed by atoms with Crippen LogP contribution in [0.2, 0.25) is 0 Å². The van der Waals surface area contributed by atoms with E-state index in [0.717, 1.165) is 19.3 Å². The van der Waals surface area contributed by atoms with Crippen LogP contribution in [0.25, 0.3) is 10.4 Å². The predicted molar refractivity (Wildman–Crippen MR) is 157 cm³/mol. The molecule has 226 valence electrons. The topological polar surface area (TPSA) is 148 Å². The van der Waals surface area contributed by atoms with E-state index in [1.165, 1.54) is 94.2 Å². The molecule has 1 aliphatic rings. The number of hydrogen-bond donors (Lipinski definition) is 1. The van der Waals surface area contributed by atoms with E-state index in [-0.39, 0.29) is 13.0 Å². The molecule has 0 saturated carbocycles. The molecular weight excluding hydrogens is 533 g/mol. The van der Waals surface area contributed by atoms with Crippen molar-refractivity contribution in [3.63, 3.8) is 0 Å². The van der Waals surface area contributed by atoms with E-state index in [4.69, 9.17) is 19.3 Å². The molecule has 1 unspecified atom stereocenters. The number of aromatic nitrogens is 2. The summed E-state index contributed by atoms with van der Waals surface area (Å²) in [7, 11) is -2.33. The molecule has 0 aromatic carbocycles. The molecule has 0 amide bonds. The molecule has 4 atom stereocenters. The zero-order valence-electron chi connectivity index (χ0n) is 24.4. The Morgan fingerprint density at radius 1 is 0.975 bits per heavy atom. The van der Waals surface area contributed by atoms with Gasteiger partial charge in [0.1, 0.15) is 19.4 Å². The monoisotopic (exact) mass is 582 g/mol. The third-order valence-corrected chi connectivity index (χ3v) is 8.15. The van der Waals surface area contributed by atoms with Gasteiger partial charge in [0.15, 0.2) is 0 Å². The molecule has 0 bridgehead atoms. The molecule has 1 aromatic rings. The van der Waals surface area contributed by atoms with Crippen LogP contribution in [0.4, 0.5) is 0 Å². The summed E-state index contributed by atoms with van der Waals surface area (Å²) >= 11 is 0. The minimum atomic E-state index is -2.33. The Bertz CT molecular complexity index is 1030. The van der Waals surface area contributed by atoms with Crippen molar-refractivity contribution in [3.8, 4) is 0 Å². The second-order valence-corrected chi connectivity index (χ2v) is 11.7. The van der Waals surface area contributed by atoms with Gasteiger partial charge in [-0.05, 0) is 18.9 Å². The van der Waals surface area contributed by atoms with Crippen LogP contribution in [-0.2, 0) is 18.3 Å². The van der Waals surface area contributed by atoms with Crippen LogP contribution in [0.5, 0.6) is 0 Å². The van der Waals surface area contributed by atoms with Crippen molar-refractivity contribution in [2.24, 2.45) is 5.11 Å². The van der Waals surface area contributed by atoms with Gasteiger partial charge in [0.05, 0.1) is 12.1 Å². The van der Waals surface area contributed by atoms with Gasteiger partial charge in [-0.15, -0.1) is 9.05 Å². The van der Waals surface area contributed by atoms with Crippen LogP contribution >= 0.6 is 8.25 Å². The van der Waals surface area contributed by atoms with E-state index in [1.807, 2.05) is 0 Å². The van der Waals surface area contributed by atoms with Gasteiger partial charge in [0, 0.05) is 27.7 Å². The quantitative estimate of drug-likeness (QED) is 0.0458. The van der Waals surface area contributed by atoms with E-state index in [2.05, 4.69) is 21.9 Å². The van der Waals surface area contributed by atoms with Crippen molar-refractivity contribution in [3.05, 3.63) is 43.0 Å². The summed E-state index contributed by atoms with van der Waals surface area (Å²) in [6.45, 7) is 4.09. The molecule has 1 aliphatic heterocycles. The van der Waals surface area contributed by atoms with Crippen LogP contribution in [0, 0.1) is 6.92 Å². The molecule has 2 rings (SSSR count). The largest absolute Gasteiger partial charge is 0.697 e. The summed E-state index contributed by atoms with van der Waals surface area (Å²) in [5, 5.41) is 3.73. The van der Waals surface area contributed by atoms with Crippen LogP contribution in [0.15, 0.2) is 20.9 Å². The highest BCUT2D eigenvalue weighted by molar-refractivity contribution is 7.33. The third-order valence-electron chi connectivity index (χ3n) is 7.40. The maximum absolute atomic E-state index is 12.2. The standard InChI is InChI=1S/C28H48N5O6P/c1-3-4-5-6-7-8-9-10-11-12-13-14-15-16-17-18-19-37-40(36)38-22-25-24(31-32-29)20-26(39-25)33-21-23(2)27(34)30-28(33)35/h21,24-26H,3-20,22H2,1-2H3/p+1/t24-,25+,26+/m0/s1. The average Bonchev–Trinajstić information content (AvgIpc) is 3.33. The molecule has 1 saturated heterocycles. The Hall–Kier alpha value is -2.03. The van der Waals surface area contributed by atoms with Crippen molar-refractivity contribution in [1.82, 2.24) is 9.55 Å². The molecule has 12 heteroatoms. The average molecular weight is 583 g/mol. The molecule has 40 heavy (non-hydrogen) atoms. The normalized spacial score (nSPS) is 19.1. The molecule has 0 spiro atoms. The molecule has 1 aromatic heterocycles. The van der Waals surface area contributed by atoms with Crippen LogP contribution in [0.1, 0.15) is 128 Å². The van der Waals surface area contributed by atoms with Crippen LogP contribution in [0.3, 0.4) is 0 Å². The first-order valence-electron chi connectivity index (χ1n) is 15.2. The van der Waals surface area contributed by atoms with Gasteiger partial charge in [-0.25, -0.2) is 4.79 Å². The molecule has 1 fully saturated rings. The number of ether oxygens (including phenoxy) is 1. The van der Waals surface area contributed by atoms with Gasteiger partial charge in [-0.2, -0.15) is 0 Å². The van der Waals surface area contributed by atoms with Gasteiger partial charge in [-0.1, -0.05) is 108 Å². The number of nitrogens with zero attached hydrogens (tertiary/aromatic N) is 4. The Kier molecular flexibility index (Phi) is 17.8. The summed E-state index contributed by atoms with van der Waals surface area (Å²) in [6.07, 6.45) is 20.8. The van der Waals surface area contributed by atoms with Gasteiger partial charge in [0.2, 0.25) is 0 Å². The van der Waals surface area contributed by atoms with E-state index in [9.17, 15) is 14.2 Å². The van der Waals surface area contributed by atoms with Crippen LogP contribution in [-0.4, -0.2) is 34.9 Å². The van der Waals surface area contributed by atoms with Crippen molar-refractivity contribution in [2.45, 2.75) is 141 Å². The molecule has 1 N–H and O–H groups in total. The lowest BCUT2D eigenvalue weighted by molar-refractivity contribution is -0.0235. The Morgan fingerprint density at radius 3 is 2.08 bits per heavy atom. The van der Waals surface area contributed by atoms with Crippen molar-refractivity contribution < 1.29 is 18.3 Å². The number of hydrogen-bond acceptors (Lipinski definition) is 7. The fraction of sp³-hybridized carbons (Fsp3) is 0.857. The Balaban J connectivity index is 1.50. The van der Waals surface area contributed by atoms with Crippen LogP contribution < -0.4 is 11.2 Å². The van der Waals surface area contributed by atoms with Crippen molar-refractivity contribution in [1.29, 1.82) is 0 Å². The predicted octanol–water partition coefficient (Wildman–Crippen LogP) is 7.76. The highest BCUT2D eigenvalue weighted by Crippen LogP contribution is 2.33. The lowest BCUT2D eigenvalue weighted by Crippen LogP contribution is -2.33. The minimum Gasteiger partial charge on any atom is -0.352 e. The highest BCUT2D eigenvalue weighted by atomic mass is 31.1. The first-order valence-corrected chi connectivity index (χ1v) is 16.3. The summed E-state index contributed by atoms with van der Waals surface area (Å²) in [6, 6.07) is -0.613. The fourth-order valence-corrected chi connectivity index (χ4v) is 5.61. The Labute approximate surface area is 239 Å². The molecule has 2 heterocycles. The lowest BCUT2D eigenvalue weighted by Gasteiger charge is -2.14. The first kappa shape index (κ1) is 34.2. The maximum Gasteiger partial charge on any atom is 0.697 e. The molecule has 11 nitrogen and oxygen atoms in total. The molecule has 0 aliphatic carbocycles. The number of H-pyrrole nitrogens is 1. The lowest BCUT2D eigenvalue weighted by atomic mass is 10.0. The minimum absolute atomic E-state index is 0.106. The van der Waals surface area contributed by atoms with Gasteiger partial charge < -0.3 is 4.74 Å². The van der Waals surface area contributed by atoms with Gasteiger partial charge >= 0.3 is 13.9 Å². The van der Waals surface area contributed by atoms with E-state index in [0.29, 0.717) is 12.2 Å². The van der Waals surface area contributed by atoms with Gasteiger partial charge in [-0.3, -0.25) is 14.3 Å². The fourth-order valence-electron chi connectivity index (χ4n) is 4.98.